The Bertz CT molecular complexity index is 1150. The van der Waals surface area contributed by atoms with Crippen LogP contribution in [0.5, 0.6) is 5.75 Å². The lowest BCUT2D eigenvalue weighted by Gasteiger charge is -2.11. The van der Waals surface area contributed by atoms with E-state index >= 15 is 0 Å². The topological polar surface area (TPSA) is 69.9 Å². The molecule has 0 bridgehead atoms. The number of aromatic nitrogens is 4. The molecule has 4 aromatic rings. The van der Waals surface area contributed by atoms with Gasteiger partial charge in [0.2, 0.25) is 0 Å². The summed E-state index contributed by atoms with van der Waals surface area (Å²) in [5, 5.41) is 5.55. The molecule has 2 aromatic heterocycles. The molecule has 2 heterocycles. The fourth-order valence-corrected chi connectivity index (χ4v) is 3.01. The summed E-state index contributed by atoms with van der Waals surface area (Å²) in [7, 11) is 1.66. The molecule has 0 N–H and O–H groups in total. The SMILES string of the molecule is COc1cccc(-c2ccc3c(=O)n(-c4ncccn4)ncc3c2)c1C. The molecule has 6 nitrogen and oxygen atoms in total. The fraction of sp³-hybridized carbons (Fsp3) is 0.100. The number of methoxy groups -OCH3 is 1. The molecular formula is C20H16N4O2. The average Bonchev–Trinajstić information content (AvgIpc) is 2.69. The average molecular weight is 344 g/mol. The maximum absolute atomic E-state index is 12.7. The van der Waals surface area contributed by atoms with Gasteiger partial charge < -0.3 is 4.74 Å². The number of benzene rings is 2. The monoisotopic (exact) mass is 344 g/mol. The zero-order chi connectivity index (χ0) is 18.1. The Hall–Kier alpha value is -3.54. The third-order valence-corrected chi connectivity index (χ3v) is 4.34. The first-order valence-corrected chi connectivity index (χ1v) is 8.12. The quantitative estimate of drug-likeness (QED) is 0.571. The third-order valence-electron chi connectivity index (χ3n) is 4.34. The summed E-state index contributed by atoms with van der Waals surface area (Å²) in [5.41, 5.74) is 2.86. The van der Waals surface area contributed by atoms with E-state index in [0.717, 1.165) is 27.8 Å². The lowest BCUT2D eigenvalue weighted by atomic mass is 9.98. The van der Waals surface area contributed by atoms with Crippen molar-refractivity contribution in [2.45, 2.75) is 6.92 Å². The zero-order valence-electron chi connectivity index (χ0n) is 14.4. The minimum atomic E-state index is -0.248. The van der Waals surface area contributed by atoms with Crippen LogP contribution < -0.4 is 10.3 Å². The van der Waals surface area contributed by atoms with Crippen molar-refractivity contribution in [3.8, 4) is 22.8 Å². The molecule has 6 heteroatoms. The molecule has 0 saturated carbocycles. The van der Waals surface area contributed by atoms with Gasteiger partial charge in [-0.25, -0.2) is 9.97 Å². The van der Waals surface area contributed by atoms with E-state index in [-0.39, 0.29) is 11.5 Å². The highest BCUT2D eigenvalue weighted by molar-refractivity contribution is 5.87. The van der Waals surface area contributed by atoms with E-state index in [1.54, 1.807) is 31.8 Å². The number of fused-ring (bicyclic) bond motifs is 1. The van der Waals surface area contributed by atoms with E-state index in [1.807, 2.05) is 43.3 Å². The van der Waals surface area contributed by atoms with Gasteiger partial charge in [-0.1, -0.05) is 18.2 Å². The van der Waals surface area contributed by atoms with Gasteiger partial charge >= 0.3 is 0 Å². The lowest BCUT2D eigenvalue weighted by Crippen LogP contribution is -2.22. The molecule has 0 amide bonds. The molecule has 4 rings (SSSR count). The van der Waals surface area contributed by atoms with Gasteiger partial charge in [-0.15, -0.1) is 0 Å². The van der Waals surface area contributed by atoms with Crippen molar-refractivity contribution in [1.82, 2.24) is 19.7 Å². The Morgan fingerprint density at radius 2 is 1.85 bits per heavy atom. The largest absolute Gasteiger partial charge is 0.496 e. The van der Waals surface area contributed by atoms with E-state index in [2.05, 4.69) is 15.1 Å². The molecule has 0 saturated heterocycles. The van der Waals surface area contributed by atoms with Gasteiger partial charge in [0, 0.05) is 17.8 Å². The molecule has 0 atom stereocenters. The van der Waals surface area contributed by atoms with Crippen molar-refractivity contribution in [2.75, 3.05) is 7.11 Å². The highest BCUT2D eigenvalue weighted by Crippen LogP contribution is 2.31. The summed E-state index contributed by atoms with van der Waals surface area (Å²) >= 11 is 0. The van der Waals surface area contributed by atoms with Crippen molar-refractivity contribution in [2.24, 2.45) is 0 Å². The normalized spacial score (nSPS) is 10.8. The van der Waals surface area contributed by atoms with Gasteiger partial charge in [0.15, 0.2) is 0 Å². The van der Waals surface area contributed by atoms with Crippen LogP contribution in [-0.2, 0) is 0 Å². The van der Waals surface area contributed by atoms with Crippen molar-refractivity contribution >= 4 is 10.8 Å². The molecule has 26 heavy (non-hydrogen) atoms. The Morgan fingerprint density at radius 1 is 1.04 bits per heavy atom. The van der Waals surface area contributed by atoms with Crippen LogP contribution in [0.25, 0.3) is 27.8 Å². The van der Waals surface area contributed by atoms with Crippen molar-refractivity contribution in [1.29, 1.82) is 0 Å². The first kappa shape index (κ1) is 16.0. The smallest absolute Gasteiger partial charge is 0.282 e. The number of hydrogen-bond donors (Lipinski definition) is 0. The van der Waals surface area contributed by atoms with E-state index in [9.17, 15) is 4.79 Å². The molecule has 2 aromatic carbocycles. The van der Waals surface area contributed by atoms with Gasteiger partial charge in [0.1, 0.15) is 5.75 Å². The van der Waals surface area contributed by atoms with Crippen molar-refractivity contribution in [3.63, 3.8) is 0 Å². The van der Waals surface area contributed by atoms with E-state index < -0.39 is 0 Å². The number of hydrogen-bond acceptors (Lipinski definition) is 5. The van der Waals surface area contributed by atoms with Crippen LogP contribution >= 0.6 is 0 Å². The van der Waals surface area contributed by atoms with Crippen LogP contribution in [0.4, 0.5) is 0 Å². The summed E-state index contributed by atoms with van der Waals surface area (Å²) in [6.07, 6.45) is 4.82. The summed E-state index contributed by atoms with van der Waals surface area (Å²) in [4.78, 5) is 20.9. The maximum atomic E-state index is 12.7. The van der Waals surface area contributed by atoms with Gasteiger partial charge in [0.25, 0.3) is 11.5 Å². The molecule has 0 aliphatic rings. The number of rotatable bonds is 3. The molecular weight excluding hydrogens is 328 g/mol. The van der Waals surface area contributed by atoms with Crippen LogP contribution in [-0.4, -0.2) is 26.9 Å². The minimum Gasteiger partial charge on any atom is -0.496 e. The molecule has 0 spiro atoms. The predicted octanol–water partition coefficient (Wildman–Crippen LogP) is 3.16. The molecule has 0 fully saturated rings. The van der Waals surface area contributed by atoms with Crippen molar-refractivity contribution < 1.29 is 4.74 Å². The zero-order valence-corrected chi connectivity index (χ0v) is 14.4. The Kier molecular flexibility index (Phi) is 3.93. The highest BCUT2D eigenvalue weighted by atomic mass is 16.5. The van der Waals surface area contributed by atoms with Crippen LogP contribution in [0.2, 0.25) is 0 Å². The highest BCUT2D eigenvalue weighted by Gasteiger charge is 2.11. The van der Waals surface area contributed by atoms with Crippen LogP contribution in [0, 0.1) is 6.92 Å². The first-order chi connectivity index (χ1) is 12.7. The minimum absolute atomic E-state index is 0.248. The summed E-state index contributed by atoms with van der Waals surface area (Å²) in [5.74, 6) is 1.09. The van der Waals surface area contributed by atoms with Crippen LogP contribution in [0.3, 0.4) is 0 Å². The fourth-order valence-electron chi connectivity index (χ4n) is 3.01. The standard InChI is InChI=1S/C20H16N4O2/c1-13-16(5-3-6-18(13)26-2)14-7-8-17-15(11-14)12-23-24(19(17)25)20-21-9-4-10-22-20/h3-12H,1-2H3. The molecule has 0 unspecified atom stereocenters. The molecule has 128 valence electrons. The second-order valence-corrected chi connectivity index (χ2v) is 5.85. The van der Waals surface area contributed by atoms with Gasteiger partial charge in [-0.3, -0.25) is 4.79 Å². The summed E-state index contributed by atoms with van der Waals surface area (Å²) in [6.45, 7) is 2.02. The Morgan fingerprint density at radius 3 is 2.62 bits per heavy atom. The summed E-state index contributed by atoms with van der Waals surface area (Å²) < 4.78 is 6.61. The predicted molar refractivity (Wildman–Crippen MR) is 99.7 cm³/mol. The van der Waals surface area contributed by atoms with E-state index in [0.29, 0.717) is 5.39 Å². The summed E-state index contributed by atoms with van der Waals surface area (Å²) in [6, 6.07) is 13.3. The second kappa shape index (κ2) is 6.40. The van der Waals surface area contributed by atoms with Crippen LogP contribution in [0.15, 0.2) is 65.8 Å². The molecule has 0 aliphatic heterocycles. The van der Waals surface area contributed by atoms with Crippen LogP contribution in [0.1, 0.15) is 5.56 Å². The number of nitrogens with zero attached hydrogens (tertiary/aromatic N) is 4. The third kappa shape index (κ3) is 2.61. The lowest BCUT2D eigenvalue weighted by molar-refractivity contribution is 0.412. The second-order valence-electron chi connectivity index (χ2n) is 5.85. The number of ether oxygens (including phenoxy) is 1. The van der Waals surface area contributed by atoms with Gasteiger partial charge in [0.05, 0.1) is 18.7 Å². The first-order valence-electron chi connectivity index (χ1n) is 8.12. The van der Waals surface area contributed by atoms with Gasteiger partial charge in [-0.2, -0.15) is 9.78 Å². The Labute approximate surface area is 149 Å². The Balaban J connectivity index is 1.87. The van der Waals surface area contributed by atoms with Gasteiger partial charge in [-0.05, 0) is 47.9 Å². The van der Waals surface area contributed by atoms with E-state index in [1.165, 1.54) is 4.68 Å². The molecule has 0 aliphatic carbocycles. The maximum Gasteiger partial charge on any atom is 0.282 e. The van der Waals surface area contributed by atoms with E-state index in [4.69, 9.17) is 4.74 Å². The molecule has 0 radical (unpaired) electrons. The van der Waals surface area contributed by atoms with Crippen molar-refractivity contribution in [3.05, 3.63) is 77.0 Å².